The molecule has 11 heteroatoms. The standard InChI is InChI=1S/C30H37F9O2/c1-18-2-4-19(5-3-18)6-7-20-8-10-21(11-9-20)29(36,37)40-23-14-12-22(13-15-23)30(38,39)41-24-16-25(31)27(26(32)17-24)28(33,34)35/h6-7,16-23H,2-5,8-15H2,1H3/b7-6+. The maximum Gasteiger partial charge on any atom is 0.422 e. The molecule has 0 saturated heterocycles. The minimum Gasteiger partial charge on any atom is -0.432 e. The Hall–Kier alpha value is -1.91. The Labute approximate surface area is 234 Å². The van der Waals surface area contributed by atoms with Crippen LogP contribution in [0.2, 0.25) is 0 Å². The number of halogens is 9. The van der Waals surface area contributed by atoms with Crippen molar-refractivity contribution < 1.29 is 49.0 Å². The smallest absolute Gasteiger partial charge is 0.422 e. The first-order chi connectivity index (χ1) is 19.1. The highest BCUT2D eigenvalue weighted by molar-refractivity contribution is 5.32. The van der Waals surface area contributed by atoms with Gasteiger partial charge in [0, 0.05) is 12.1 Å². The lowest BCUT2D eigenvalue weighted by Crippen LogP contribution is -2.42. The lowest BCUT2D eigenvalue weighted by molar-refractivity contribution is -0.305. The first-order valence-corrected chi connectivity index (χ1v) is 14.5. The lowest BCUT2D eigenvalue weighted by atomic mass is 9.79. The van der Waals surface area contributed by atoms with Crippen molar-refractivity contribution in [3.8, 4) is 5.75 Å². The molecule has 3 aliphatic rings. The van der Waals surface area contributed by atoms with Crippen molar-refractivity contribution in [1.29, 1.82) is 0 Å². The first-order valence-electron chi connectivity index (χ1n) is 14.5. The highest BCUT2D eigenvalue weighted by Gasteiger charge is 2.48. The van der Waals surface area contributed by atoms with Crippen molar-refractivity contribution in [1.82, 2.24) is 0 Å². The van der Waals surface area contributed by atoms with Crippen LogP contribution >= 0.6 is 0 Å². The van der Waals surface area contributed by atoms with Gasteiger partial charge in [0.1, 0.15) is 22.9 Å². The van der Waals surface area contributed by atoms with Gasteiger partial charge in [0.15, 0.2) is 0 Å². The van der Waals surface area contributed by atoms with E-state index in [0.717, 1.165) is 5.92 Å². The van der Waals surface area contributed by atoms with Crippen molar-refractivity contribution in [3.63, 3.8) is 0 Å². The van der Waals surface area contributed by atoms with E-state index in [9.17, 15) is 39.5 Å². The van der Waals surface area contributed by atoms with Gasteiger partial charge in [0.2, 0.25) is 0 Å². The van der Waals surface area contributed by atoms with E-state index >= 15 is 0 Å². The van der Waals surface area contributed by atoms with Crippen LogP contribution in [0.25, 0.3) is 0 Å². The molecule has 1 aromatic rings. The Morgan fingerprint density at radius 1 is 0.634 bits per heavy atom. The van der Waals surface area contributed by atoms with E-state index in [1.807, 2.05) is 0 Å². The van der Waals surface area contributed by atoms with Gasteiger partial charge in [0.05, 0.1) is 17.9 Å². The summed E-state index contributed by atoms with van der Waals surface area (Å²) < 4.78 is 135. The predicted molar refractivity (Wildman–Crippen MR) is 134 cm³/mol. The summed E-state index contributed by atoms with van der Waals surface area (Å²) >= 11 is 0. The number of rotatable bonds is 8. The van der Waals surface area contributed by atoms with Gasteiger partial charge in [-0.2, -0.15) is 30.7 Å². The van der Waals surface area contributed by atoms with Crippen molar-refractivity contribution in [3.05, 3.63) is 41.5 Å². The molecule has 2 nitrogen and oxygen atoms in total. The van der Waals surface area contributed by atoms with Crippen LogP contribution in [0.3, 0.4) is 0 Å². The molecule has 3 aliphatic carbocycles. The fourth-order valence-corrected chi connectivity index (χ4v) is 6.40. The Morgan fingerprint density at radius 2 is 1.07 bits per heavy atom. The Balaban J connectivity index is 1.24. The van der Waals surface area contributed by atoms with Crippen LogP contribution in [-0.2, 0) is 10.9 Å². The largest absolute Gasteiger partial charge is 0.432 e. The third kappa shape index (κ3) is 8.35. The zero-order valence-electron chi connectivity index (χ0n) is 23.0. The van der Waals surface area contributed by atoms with Crippen molar-refractivity contribution in [2.75, 3.05) is 0 Å². The average Bonchev–Trinajstić information content (AvgIpc) is 2.87. The number of hydrogen-bond donors (Lipinski definition) is 0. The van der Waals surface area contributed by atoms with E-state index in [4.69, 9.17) is 4.74 Å². The second-order valence-electron chi connectivity index (χ2n) is 12.1. The summed E-state index contributed by atoms with van der Waals surface area (Å²) in [5.41, 5.74) is -2.20. The van der Waals surface area contributed by atoms with Gasteiger partial charge in [0.25, 0.3) is 0 Å². The molecule has 0 unspecified atom stereocenters. The van der Waals surface area contributed by atoms with Crippen LogP contribution in [0, 0.1) is 41.2 Å². The molecule has 0 spiro atoms. The van der Waals surface area contributed by atoms with Gasteiger partial charge in [-0.25, -0.2) is 8.78 Å². The second-order valence-corrected chi connectivity index (χ2v) is 12.1. The summed E-state index contributed by atoms with van der Waals surface area (Å²) in [6.45, 7) is 2.26. The summed E-state index contributed by atoms with van der Waals surface area (Å²) in [7, 11) is 0. The number of ether oxygens (including phenoxy) is 2. The molecule has 0 N–H and O–H groups in total. The highest BCUT2D eigenvalue weighted by Crippen LogP contribution is 2.45. The molecule has 3 fully saturated rings. The van der Waals surface area contributed by atoms with Gasteiger partial charge in [-0.15, -0.1) is 0 Å². The average molecular weight is 601 g/mol. The molecule has 232 valence electrons. The molecular formula is C30H37F9O2. The molecule has 41 heavy (non-hydrogen) atoms. The second kappa shape index (κ2) is 12.8. The molecule has 0 aliphatic heterocycles. The van der Waals surface area contributed by atoms with E-state index in [1.165, 1.54) is 25.7 Å². The molecule has 3 saturated carbocycles. The van der Waals surface area contributed by atoms with Crippen LogP contribution in [0.1, 0.15) is 89.5 Å². The van der Waals surface area contributed by atoms with Gasteiger partial charge < -0.3 is 9.47 Å². The molecule has 0 aromatic heterocycles. The third-order valence-corrected chi connectivity index (χ3v) is 8.99. The minimum absolute atomic E-state index is 0.0516. The van der Waals surface area contributed by atoms with Crippen LogP contribution in [0.5, 0.6) is 5.75 Å². The monoisotopic (exact) mass is 600 g/mol. The topological polar surface area (TPSA) is 18.5 Å². The summed E-state index contributed by atoms with van der Waals surface area (Å²) in [6.07, 6.45) is -3.26. The quantitative estimate of drug-likeness (QED) is 0.218. The Kier molecular flexibility index (Phi) is 9.96. The normalized spacial score (nSPS) is 30.5. The zero-order chi connectivity index (χ0) is 30.0. The number of allylic oxidation sites excluding steroid dienone is 2. The predicted octanol–water partition coefficient (Wildman–Crippen LogP) is 10.3. The summed E-state index contributed by atoms with van der Waals surface area (Å²) in [4.78, 5) is 0. The molecule has 0 heterocycles. The summed E-state index contributed by atoms with van der Waals surface area (Å²) in [5, 5.41) is 0. The molecule has 0 amide bonds. The highest BCUT2D eigenvalue weighted by atomic mass is 19.4. The van der Waals surface area contributed by atoms with E-state index in [2.05, 4.69) is 23.8 Å². The van der Waals surface area contributed by atoms with Crippen LogP contribution < -0.4 is 4.74 Å². The molecule has 4 rings (SSSR count). The number of benzene rings is 1. The summed E-state index contributed by atoms with van der Waals surface area (Å²) in [5.74, 6) is -6.08. The third-order valence-electron chi connectivity index (χ3n) is 8.99. The molecule has 0 radical (unpaired) electrons. The number of hydrogen-bond acceptors (Lipinski definition) is 2. The summed E-state index contributed by atoms with van der Waals surface area (Å²) in [6, 6.07) is 0.103. The van der Waals surface area contributed by atoms with Crippen LogP contribution in [-0.4, -0.2) is 18.3 Å². The number of alkyl halides is 7. The molecular weight excluding hydrogens is 563 g/mol. The maximum atomic E-state index is 15.0. The first kappa shape index (κ1) is 32.0. The van der Waals surface area contributed by atoms with Crippen LogP contribution in [0.4, 0.5) is 39.5 Å². The fraction of sp³-hybridized carbons (Fsp3) is 0.733. The van der Waals surface area contributed by atoms with E-state index < -0.39 is 59.3 Å². The van der Waals surface area contributed by atoms with E-state index in [-0.39, 0.29) is 43.7 Å². The minimum atomic E-state index is -5.35. The fourth-order valence-electron chi connectivity index (χ4n) is 6.40. The lowest BCUT2D eigenvalue weighted by Gasteiger charge is -2.37. The molecule has 1 aromatic carbocycles. The molecule has 0 bridgehead atoms. The van der Waals surface area contributed by atoms with Crippen LogP contribution in [0.15, 0.2) is 24.3 Å². The molecule has 0 atom stereocenters. The van der Waals surface area contributed by atoms with Crippen molar-refractivity contribution in [2.24, 2.45) is 29.6 Å². The maximum absolute atomic E-state index is 15.0. The SMILES string of the molecule is CC1CCC(/C=C/C2CCC(C(F)(F)OC3CCC(C(F)(F)Oc4cc(F)c(C(F)(F)F)c(F)c4)CC3)CC2)CC1. The van der Waals surface area contributed by atoms with Gasteiger partial charge in [-0.1, -0.05) is 31.9 Å². The van der Waals surface area contributed by atoms with Gasteiger partial charge in [-0.05, 0) is 82.0 Å². The van der Waals surface area contributed by atoms with Crippen molar-refractivity contribution in [2.45, 2.75) is 108 Å². The van der Waals surface area contributed by atoms with E-state index in [0.29, 0.717) is 31.6 Å². The van der Waals surface area contributed by atoms with Gasteiger partial charge in [-0.3, -0.25) is 0 Å². The Morgan fingerprint density at radius 3 is 1.56 bits per heavy atom. The zero-order valence-corrected chi connectivity index (χ0v) is 23.0. The Bertz CT molecular complexity index is 1010. The van der Waals surface area contributed by atoms with E-state index in [1.54, 1.807) is 0 Å². The van der Waals surface area contributed by atoms with Gasteiger partial charge >= 0.3 is 18.4 Å². The van der Waals surface area contributed by atoms with Crippen molar-refractivity contribution >= 4 is 0 Å².